The number of aromatic hydroxyl groups is 1. The fourth-order valence-electron chi connectivity index (χ4n) is 3.83. The fourth-order valence-corrected chi connectivity index (χ4v) is 3.83. The van der Waals surface area contributed by atoms with Gasteiger partial charge in [0.15, 0.2) is 0 Å². The van der Waals surface area contributed by atoms with Crippen molar-refractivity contribution in [1.82, 2.24) is 10.2 Å². The van der Waals surface area contributed by atoms with Crippen LogP contribution in [0.3, 0.4) is 0 Å². The molecule has 1 fully saturated rings. The van der Waals surface area contributed by atoms with Crippen molar-refractivity contribution in [3.05, 3.63) is 59.7 Å². The van der Waals surface area contributed by atoms with E-state index >= 15 is 0 Å². The number of hydrogen-bond acceptors (Lipinski definition) is 4. The Morgan fingerprint density at radius 1 is 1.10 bits per heavy atom. The average molecular weight is 410 g/mol. The van der Waals surface area contributed by atoms with Crippen LogP contribution in [-0.4, -0.2) is 41.5 Å². The quantitative estimate of drug-likeness (QED) is 0.610. The summed E-state index contributed by atoms with van der Waals surface area (Å²) in [6, 6.07) is 15.0. The number of carbonyl (C=O) groups excluding carboxylic acids is 2. The SMILES string of the molecule is CC[C@H](NC(=O)CN1CCC(C(=O)Nc2ccccc2O)CC1)c1ccc(C)cc1. The highest BCUT2D eigenvalue weighted by Crippen LogP contribution is 2.25. The van der Waals surface area contributed by atoms with Gasteiger partial charge in [-0.25, -0.2) is 0 Å². The highest BCUT2D eigenvalue weighted by molar-refractivity contribution is 5.93. The van der Waals surface area contributed by atoms with E-state index in [0.29, 0.717) is 38.2 Å². The minimum atomic E-state index is -0.111. The second-order valence-electron chi connectivity index (χ2n) is 8.00. The zero-order chi connectivity index (χ0) is 21.5. The van der Waals surface area contributed by atoms with E-state index in [1.165, 1.54) is 5.56 Å². The number of piperidine rings is 1. The summed E-state index contributed by atoms with van der Waals surface area (Å²) in [6.07, 6.45) is 2.23. The maximum Gasteiger partial charge on any atom is 0.234 e. The van der Waals surface area contributed by atoms with Gasteiger partial charge in [-0.3, -0.25) is 14.5 Å². The van der Waals surface area contributed by atoms with E-state index in [-0.39, 0.29) is 29.5 Å². The maximum absolute atomic E-state index is 12.6. The molecule has 1 atom stereocenters. The van der Waals surface area contributed by atoms with Gasteiger partial charge < -0.3 is 15.7 Å². The van der Waals surface area contributed by atoms with E-state index < -0.39 is 0 Å². The first kappa shape index (κ1) is 21.8. The largest absolute Gasteiger partial charge is 0.506 e. The lowest BCUT2D eigenvalue weighted by Gasteiger charge is -2.31. The molecule has 0 radical (unpaired) electrons. The highest BCUT2D eigenvalue weighted by atomic mass is 16.3. The van der Waals surface area contributed by atoms with E-state index in [2.05, 4.69) is 53.6 Å². The Balaban J connectivity index is 1.45. The first-order chi connectivity index (χ1) is 14.5. The number of nitrogens with one attached hydrogen (secondary N) is 2. The molecule has 2 aromatic rings. The molecule has 30 heavy (non-hydrogen) atoms. The molecule has 2 amide bonds. The van der Waals surface area contributed by atoms with Crippen LogP contribution in [0.4, 0.5) is 5.69 Å². The Hall–Kier alpha value is -2.86. The predicted octanol–water partition coefficient (Wildman–Crippen LogP) is 3.62. The maximum atomic E-state index is 12.6. The lowest BCUT2D eigenvalue weighted by Crippen LogP contribution is -2.44. The molecule has 0 spiro atoms. The van der Waals surface area contributed by atoms with Crippen LogP contribution >= 0.6 is 0 Å². The van der Waals surface area contributed by atoms with Crippen molar-refractivity contribution >= 4 is 17.5 Å². The summed E-state index contributed by atoms with van der Waals surface area (Å²) in [7, 11) is 0. The van der Waals surface area contributed by atoms with E-state index in [1.54, 1.807) is 24.3 Å². The summed E-state index contributed by atoms with van der Waals surface area (Å²) in [4.78, 5) is 27.1. The third-order valence-corrected chi connectivity index (χ3v) is 5.71. The smallest absolute Gasteiger partial charge is 0.234 e. The normalized spacial score (nSPS) is 16.1. The number of phenolic OH excluding ortho intramolecular Hbond substituents is 1. The summed E-state index contributed by atoms with van der Waals surface area (Å²) in [5, 5.41) is 15.8. The first-order valence-electron chi connectivity index (χ1n) is 10.6. The summed E-state index contributed by atoms with van der Waals surface area (Å²) in [5.74, 6) is -0.107. The number of aryl methyl sites for hydroxylation is 1. The lowest BCUT2D eigenvalue weighted by atomic mass is 9.95. The van der Waals surface area contributed by atoms with Gasteiger partial charge in [-0.2, -0.15) is 0 Å². The molecule has 1 aliphatic rings. The molecule has 6 heteroatoms. The molecule has 6 nitrogen and oxygen atoms in total. The number of nitrogens with zero attached hydrogens (tertiary/aromatic N) is 1. The monoisotopic (exact) mass is 409 g/mol. The van der Waals surface area contributed by atoms with Crippen LogP contribution in [0.5, 0.6) is 5.75 Å². The molecule has 0 saturated carbocycles. The van der Waals surface area contributed by atoms with Crippen LogP contribution in [0, 0.1) is 12.8 Å². The van der Waals surface area contributed by atoms with Crippen LogP contribution in [0.2, 0.25) is 0 Å². The number of benzene rings is 2. The van der Waals surface area contributed by atoms with Crippen LogP contribution in [0.1, 0.15) is 43.4 Å². The minimum absolute atomic E-state index is 0.0135. The highest BCUT2D eigenvalue weighted by Gasteiger charge is 2.26. The van der Waals surface area contributed by atoms with Crippen LogP contribution in [0.25, 0.3) is 0 Å². The lowest BCUT2D eigenvalue weighted by molar-refractivity contribution is -0.124. The Bertz CT molecular complexity index is 858. The van der Waals surface area contributed by atoms with Gasteiger partial charge in [0, 0.05) is 5.92 Å². The first-order valence-corrected chi connectivity index (χ1v) is 10.6. The van der Waals surface area contributed by atoms with E-state index in [9.17, 15) is 14.7 Å². The van der Waals surface area contributed by atoms with Gasteiger partial charge in [-0.15, -0.1) is 0 Å². The summed E-state index contributed by atoms with van der Waals surface area (Å²) in [6.45, 7) is 5.87. The zero-order valence-electron chi connectivity index (χ0n) is 17.7. The van der Waals surface area contributed by atoms with Gasteiger partial charge in [0.05, 0.1) is 18.3 Å². The molecule has 2 aromatic carbocycles. The van der Waals surface area contributed by atoms with Crippen LogP contribution in [-0.2, 0) is 9.59 Å². The Morgan fingerprint density at radius 3 is 2.40 bits per heavy atom. The molecule has 3 rings (SSSR count). The number of rotatable bonds is 7. The van der Waals surface area contributed by atoms with Gasteiger partial charge in [-0.1, -0.05) is 48.9 Å². The number of amides is 2. The van der Waals surface area contributed by atoms with Crippen LogP contribution < -0.4 is 10.6 Å². The summed E-state index contributed by atoms with van der Waals surface area (Å²) in [5.41, 5.74) is 2.76. The van der Waals surface area contributed by atoms with Gasteiger partial charge in [0.1, 0.15) is 5.75 Å². The molecule has 1 heterocycles. The van der Waals surface area contributed by atoms with Gasteiger partial charge in [-0.05, 0) is 57.0 Å². The van der Waals surface area contributed by atoms with Gasteiger partial charge in [0.25, 0.3) is 0 Å². The van der Waals surface area contributed by atoms with Crippen molar-refractivity contribution in [3.8, 4) is 5.75 Å². The van der Waals surface area contributed by atoms with Crippen molar-refractivity contribution < 1.29 is 14.7 Å². The average Bonchev–Trinajstić information content (AvgIpc) is 2.75. The van der Waals surface area contributed by atoms with E-state index in [0.717, 1.165) is 12.0 Å². The minimum Gasteiger partial charge on any atom is -0.506 e. The number of carbonyl (C=O) groups is 2. The number of anilines is 1. The van der Waals surface area contributed by atoms with Crippen molar-refractivity contribution in [3.63, 3.8) is 0 Å². The summed E-state index contributed by atoms with van der Waals surface area (Å²) < 4.78 is 0. The van der Waals surface area contributed by atoms with Crippen molar-refractivity contribution in [2.24, 2.45) is 5.92 Å². The molecule has 1 aliphatic heterocycles. The van der Waals surface area contributed by atoms with Crippen molar-refractivity contribution in [2.45, 2.75) is 39.2 Å². The predicted molar refractivity (Wildman–Crippen MR) is 118 cm³/mol. The molecule has 1 saturated heterocycles. The molecule has 0 aromatic heterocycles. The fraction of sp³-hybridized carbons (Fsp3) is 0.417. The zero-order valence-corrected chi connectivity index (χ0v) is 17.7. The number of likely N-dealkylation sites (tertiary alicyclic amines) is 1. The molecule has 0 unspecified atom stereocenters. The Labute approximate surface area is 178 Å². The number of hydrogen-bond donors (Lipinski definition) is 3. The van der Waals surface area contributed by atoms with E-state index in [4.69, 9.17) is 0 Å². The molecule has 0 bridgehead atoms. The molecule has 3 N–H and O–H groups in total. The standard InChI is InChI=1S/C24H31N3O3/c1-3-20(18-10-8-17(2)9-11-18)25-23(29)16-27-14-12-19(13-15-27)24(30)26-21-6-4-5-7-22(21)28/h4-11,19-20,28H,3,12-16H2,1-2H3,(H,25,29)(H,26,30)/t20-/m0/s1. The summed E-state index contributed by atoms with van der Waals surface area (Å²) >= 11 is 0. The second kappa shape index (κ2) is 10.3. The Morgan fingerprint density at radius 2 is 1.77 bits per heavy atom. The third kappa shape index (κ3) is 5.83. The van der Waals surface area contributed by atoms with Gasteiger partial charge >= 0.3 is 0 Å². The number of para-hydroxylation sites is 2. The molecule has 0 aliphatic carbocycles. The molecular formula is C24H31N3O3. The van der Waals surface area contributed by atoms with E-state index in [1.807, 2.05) is 0 Å². The molecular weight excluding hydrogens is 378 g/mol. The Kier molecular flexibility index (Phi) is 7.46. The van der Waals surface area contributed by atoms with Crippen LogP contribution in [0.15, 0.2) is 48.5 Å². The number of phenols is 1. The van der Waals surface area contributed by atoms with Crippen molar-refractivity contribution in [1.29, 1.82) is 0 Å². The third-order valence-electron chi connectivity index (χ3n) is 5.71. The van der Waals surface area contributed by atoms with Gasteiger partial charge in [0.2, 0.25) is 11.8 Å². The topological polar surface area (TPSA) is 81.7 Å². The second-order valence-corrected chi connectivity index (χ2v) is 8.00. The van der Waals surface area contributed by atoms with Crippen molar-refractivity contribution in [2.75, 3.05) is 25.0 Å². The molecule has 160 valence electrons.